The Labute approximate surface area is 233 Å². The van der Waals surface area contributed by atoms with E-state index in [1.54, 1.807) is 0 Å². The summed E-state index contributed by atoms with van der Waals surface area (Å²) >= 11 is 0. The quantitative estimate of drug-likeness (QED) is 0.316. The van der Waals surface area contributed by atoms with Gasteiger partial charge in [-0.1, -0.05) is 42.5 Å². The number of benzene rings is 3. The third-order valence-electron chi connectivity index (χ3n) is 7.29. The number of hydrogen-bond acceptors (Lipinski definition) is 7. The molecule has 0 radical (unpaired) electrons. The molecular weight excluding hydrogens is 498 g/mol. The van der Waals surface area contributed by atoms with Crippen molar-refractivity contribution in [3.05, 3.63) is 109 Å². The predicted molar refractivity (Wildman–Crippen MR) is 160 cm³/mol. The molecule has 200 valence electrons. The summed E-state index contributed by atoms with van der Waals surface area (Å²) in [7, 11) is 0. The minimum absolute atomic E-state index is 0.0524. The van der Waals surface area contributed by atoms with Gasteiger partial charge in [0, 0.05) is 56.5 Å². The van der Waals surface area contributed by atoms with Gasteiger partial charge >= 0.3 is 0 Å². The van der Waals surface area contributed by atoms with Gasteiger partial charge in [0.15, 0.2) is 0 Å². The number of nitrogens with two attached hydrogens (primary N) is 1. The number of piperazine rings is 1. The molecule has 3 heterocycles. The molecule has 5 aromatic rings. The maximum Gasteiger partial charge on any atom is 0.228 e. The minimum atomic E-state index is -0.0524. The largest absolute Gasteiger partial charge is 0.368 e. The first-order valence-corrected chi connectivity index (χ1v) is 13.5. The molecule has 1 amide bonds. The van der Waals surface area contributed by atoms with Crippen LogP contribution < -0.4 is 20.9 Å². The van der Waals surface area contributed by atoms with E-state index in [1.165, 1.54) is 5.69 Å². The van der Waals surface area contributed by atoms with E-state index >= 15 is 0 Å². The summed E-state index contributed by atoms with van der Waals surface area (Å²) in [5.41, 5.74) is 13.5. The molecule has 3 N–H and O–H groups in total. The smallest absolute Gasteiger partial charge is 0.228 e. The Balaban J connectivity index is 1.11. The van der Waals surface area contributed by atoms with Crippen molar-refractivity contribution in [3.8, 4) is 11.1 Å². The van der Waals surface area contributed by atoms with Crippen LogP contribution in [0.25, 0.3) is 22.2 Å². The Hall–Kier alpha value is -4.82. The Kier molecular flexibility index (Phi) is 7.32. The first-order chi connectivity index (χ1) is 19.6. The SMILES string of the molecule is NCc1ccc(CC(=O)Nc2ccc(-c3ccc4ncc(N5CCN(c6ccncc6)CC5)nc4c3)cc2)cc1. The van der Waals surface area contributed by atoms with Crippen molar-refractivity contribution in [2.24, 2.45) is 5.73 Å². The van der Waals surface area contributed by atoms with E-state index in [2.05, 4.69) is 49.4 Å². The molecule has 0 atom stereocenters. The summed E-state index contributed by atoms with van der Waals surface area (Å²) in [6.45, 7) is 4.11. The van der Waals surface area contributed by atoms with Crippen LogP contribution in [0, 0.1) is 0 Å². The molecule has 1 aliphatic heterocycles. The molecule has 1 fully saturated rings. The van der Waals surface area contributed by atoms with Crippen molar-refractivity contribution in [3.63, 3.8) is 0 Å². The zero-order valence-corrected chi connectivity index (χ0v) is 22.2. The molecule has 8 nitrogen and oxygen atoms in total. The van der Waals surface area contributed by atoms with Gasteiger partial charge in [-0.15, -0.1) is 0 Å². The van der Waals surface area contributed by atoms with Gasteiger partial charge in [-0.3, -0.25) is 14.8 Å². The van der Waals surface area contributed by atoms with Crippen molar-refractivity contribution in [2.45, 2.75) is 13.0 Å². The first kappa shape index (κ1) is 25.5. The molecule has 0 saturated carbocycles. The van der Waals surface area contributed by atoms with Gasteiger partial charge in [0.2, 0.25) is 5.91 Å². The minimum Gasteiger partial charge on any atom is -0.368 e. The number of aromatic nitrogens is 3. The van der Waals surface area contributed by atoms with Crippen LogP contribution in [0.1, 0.15) is 11.1 Å². The number of pyridine rings is 1. The maximum atomic E-state index is 12.5. The van der Waals surface area contributed by atoms with Crippen LogP contribution in [0.5, 0.6) is 0 Å². The molecule has 2 aromatic heterocycles. The van der Waals surface area contributed by atoms with Gasteiger partial charge in [-0.2, -0.15) is 0 Å². The van der Waals surface area contributed by atoms with E-state index < -0.39 is 0 Å². The Morgan fingerprint density at radius 2 is 1.45 bits per heavy atom. The molecule has 0 spiro atoms. The van der Waals surface area contributed by atoms with Crippen LogP contribution >= 0.6 is 0 Å². The van der Waals surface area contributed by atoms with Crippen LogP contribution in [0.15, 0.2) is 97.5 Å². The Bertz CT molecular complexity index is 1600. The number of carbonyl (C=O) groups excluding carboxylic acids is 1. The summed E-state index contributed by atoms with van der Waals surface area (Å²) in [6.07, 6.45) is 5.86. The molecule has 8 heteroatoms. The van der Waals surface area contributed by atoms with Crippen molar-refractivity contribution in [2.75, 3.05) is 41.3 Å². The van der Waals surface area contributed by atoms with Crippen molar-refractivity contribution in [1.82, 2.24) is 15.0 Å². The number of nitrogens with one attached hydrogen (secondary N) is 1. The lowest BCUT2D eigenvalue weighted by atomic mass is 10.0. The lowest BCUT2D eigenvalue weighted by molar-refractivity contribution is -0.115. The highest BCUT2D eigenvalue weighted by Gasteiger charge is 2.19. The van der Waals surface area contributed by atoms with Crippen LogP contribution in [0.2, 0.25) is 0 Å². The topological polar surface area (TPSA) is 100 Å². The zero-order chi connectivity index (χ0) is 27.3. The summed E-state index contributed by atoms with van der Waals surface area (Å²) in [6, 6.07) is 25.9. The highest BCUT2D eigenvalue weighted by molar-refractivity contribution is 5.92. The molecule has 1 aliphatic rings. The Morgan fingerprint density at radius 1 is 0.775 bits per heavy atom. The molecule has 0 aliphatic carbocycles. The molecule has 40 heavy (non-hydrogen) atoms. The predicted octanol–water partition coefficient (Wildman–Crippen LogP) is 4.66. The molecule has 0 unspecified atom stereocenters. The van der Waals surface area contributed by atoms with Crippen molar-refractivity contribution >= 4 is 34.1 Å². The second kappa shape index (κ2) is 11.5. The van der Waals surface area contributed by atoms with E-state index in [-0.39, 0.29) is 5.91 Å². The summed E-state index contributed by atoms with van der Waals surface area (Å²) < 4.78 is 0. The first-order valence-electron chi connectivity index (χ1n) is 13.5. The fourth-order valence-electron chi connectivity index (χ4n) is 5.01. The maximum absolute atomic E-state index is 12.5. The van der Waals surface area contributed by atoms with Crippen LogP contribution in [-0.4, -0.2) is 47.0 Å². The van der Waals surface area contributed by atoms with Gasteiger partial charge in [0.1, 0.15) is 5.82 Å². The van der Waals surface area contributed by atoms with E-state index in [4.69, 9.17) is 10.7 Å². The number of fused-ring (bicyclic) bond motifs is 1. The van der Waals surface area contributed by atoms with Crippen LogP contribution in [0.3, 0.4) is 0 Å². The summed E-state index contributed by atoms with van der Waals surface area (Å²) in [5, 5.41) is 2.99. The number of anilines is 3. The lowest BCUT2D eigenvalue weighted by Gasteiger charge is -2.36. The third-order valence-corrected chi connectivity index (χ3v) is 7.29. The average Bonchev–Trinajstić information content (AvgIpc) is 3.02. The van der Waals surface area contributed by atoms with E-state index in [9.17, 15) is 4.79 Å². The molecule has 6 rings (SSSR count). The normalized spacial score (nSPS) is 13.4. The third kappa shape index (κ3) is 5.77. The van der Waals surface area contributed by atoms with Gasteiger partial charge < -0.3 is 20.9 Å². The van der Waals surface area contributed by atoms with E-state index in [0.29, 0.717) is 13.0 Å². The second-order valence-corrected chi connectivity index (χ2v) is 9.93. The highest BCUT2D eigenvalue weighted by Crippen LogP contribution is 2.26. The standard InChI is InChI=1S/C32H31N7O/c33-21-24-3-1-23(2-4-24)19-32(40)36-27-8-5-25(6-9-27)26-7-10-29-30(20-26)37-31(22-35-29)39-17-15-38(16-18-39)28-11-13-34-14-12-28/h1-14,20,22H,15-19,21,33H2,(H,36,40). The van der Waals surface area contributed by atoms with Crippen molar-refractivity contribution in [1.29, 1.82) is 0 Å². The fourth-order valence-corrected chi connectivity index (χ4v) is 5.01. The van der Waals surface area contributed by atoms with Crippen molar-refractivity contribution < 1.29 is 4.79 Å². The molecule has 0 bridgehead atoms. The highest BCUT2D eigenvalue weighted by atomic mass is 16.1. The number of carbonyl (C=O) groups is 1. The Morgan fingerprint density at radius 3 is 2.17 bits per heavy atom. The molecular formula is C32H31N7O. The monoisotopic (exact) mass is 529 g/mol. The number of hydrogen-bond donors (Lipinski definition) is 2. The number of nitrogens with zero attached hydrogens (tertiary/aromatic N) is 5. The lowest BCUT2D eigenvalue weighted by Crippen LogP contribution is -2.46. The summed E-state index contributed by atoms with van der Waals surface area (Å²) in [4.78, 5) is 31.0. The van der Waals surface area contributed by atoms with Gasteiger partial charge in [-0.05, 0) is 58.7 Å². The van der Waals surface area contributed by atoms with E-state index in [1.807, 2.05) is 73.2 Å². The average molecular weight is 530 g/mol. The van der Waals surface area contributed by atoms with Crippen LogP contribution in [0.4, 0.5) is 17.2 Å². The van der Waals surface area contributed by atoms with Gasteiger partial charge in [0.05, 0.1) is 23.7 Å². The van der Waals surface area contributed by atoms with Gasteiger partial charge in [0.25, 0.3) is 0 Å². The van der Waals surface area contributed by atoms with E-state index in [0.717, 1.165) is 71.0 Å². The fraction of sp³-hybridized carbons (Fsp3) is 0.188. The summed E-state index contributed by atoms with van der Waals surface area (Å²) in [5.74, 6) is 0.845. The number of rotatable bonds is 7. The molecule has 3 aromatic carbocycles. The van der Waals surface area contributed by atoms with Gasteiger partial charge in [-0.25, -0.2) is 4.98 Å². The number of amides is 1. The second-order valence-electron chi connectivity index (χ2n) is 9.93. The zero-order valence-electron chi connectivity index (χ0n) is 22.2. The molecule has 1 saturated heterocycles. The van der Waals surface area contributed by atoms with Crippen LogP contribution in [-0.2, 0) is 17.8 Å².